The molecule has 1 N–H and O–H groups in total. The minimum absolute atomic E-state index is 0.00656. The van der Waals surface area contributed by atoms with E-state index in [2.05, 4.69) is 4.98 Å². The Morgan fingerprint density at radius 3 is 2.89 bits per heavy atom. The lowest BCUT2D eigenvalue weighted by atomic mass is 9.94. The lowest BCUT2D eigenvalue weighted by Gasteiger charge is -2.35. The van der Waals surface area contributed by atoms with Crippen LogP contribution in [0.3, 0.4) is 0 Å². The SMILES string of the molecule is CN(CC1(O)CCOCC1)C(=O)Cc1cccnc1. The molecule has 19 heavy (non-hydrogen) atoms. The molecule has 0 radical (unpaired) electrons. The Morgan fingerprint density at radius 2 is 2.26 bits per heavy atom. The Kier molecular flexibility index (Phi) is 4.50. The first kappa shape index (κ1) is 14.0. The van der Waals surface area contributed by atoms with E-state index in [1.165, 1.54) is 0 Å². The van der Waals surface area contributed by atoms with Crippen LogP contribution in [0, 0.1) is 0 Å². The summed E-state index contributed by atoms with van der Waals surface area (Å²) in [7, 11) is 1.73. The molecule has 1 aromatic heterocycles. The van der Waals surface area contributed by atoms with E-state index in [0.29, 0.717) is 39.0 Å². The zero-order valence-electron chi connectivity index (χ0n) is 11.2. The molecule has 0 bridgehead atoms. The Morgan fingerprint density at radius 1 is 1.53 bits per heavy atom. The highest BCUT2D eigenvalue weighted by molar-refractivity contribution is 5.78. The molecule has 0 atom stereocenters. The van der Waals surface area contributed by atoms with Crippen molar-refractivity contribution in [1.82, 2.24) is 9.88 Å². The molecule has 5 heteroatoms. The molecule has 0 aromatic carbocycles. The summed E-state index contributed by atoms with van der Waals surface area (Å²) in [5, 5.41) is 10.4. The smallest absolute Gasteiger partial charge is 0.226 e. The summed E-state index contributed by atoms with van der Waals surface area (Å²) in [5.74, 6) is -0.00656. The van der Waals surface area contributed by atoms with Gasteiger partial charge in [-0.3, -0.25) is 9.78 Å². The second-order valence-corrected chi connectivity index (χ2v) is 5.12. The van der Waals surface area contributed by atoms with Crippen LogP contribution < -0.4 is 0 Å². The van der Waals surface area contributed by atoms with Gasteiger partial charge in [-0.05, 0) is 11.6 Å². The molecule has 0 saturated carbocycles. The molecule has 0 unspecified atom stereocenters. The van der Waals surface area contributed by atoms with E-state index in [1.54, 1.807) is 24.3 Å². The van der Waals surface area contributed by atoms with Crippen LogP contribution in [0.4, 0.5) is 0 Å². The predicted octanol–water partition coefficient (Wildman–Crippen LogP) is 0.624. The minimum atomic E-state index is -0.808. The van der Waals surface area contributed by atoms with Crippen molar-refractivity contribution in [1.29, 1.82) is 0 Å². The number of amides is 1. The average molecular weight is 264 g/mol. The lowest BCUT2D eigenvalue weighted by Crippen LogP contribution is -2.47. The van der Waals surface area contributed by atoms with Crippen molar-refractivity contribution in [3.05, 3.63) is 30.1 Å². The second kappa shape index (κ2) is 6.12. The predicted molar refractivity (Wildman–Crippen MR) is 70.6 cm³/mol. The highest BCUT2D eigenvalue weighted by Crippen LogP contribution is 2.21. The molecule has 1 fully saturated rings. The Balaban J connectivity index is 1.88. The quantitative estimate of drug-likeness (QED) is 0.866. The highest BCUT2D eigenvalue weighted by atomic mass is 16.5. The van der Waals surface area contributed by atoms with Crippen LogP contribution in [0.25, 0.3) is 0 Å². The van der Waals surface area contributed by atoms with Gasteiger partial charge in [0.05, 0.1) is 12.0 Å². The topological polar surface area (TPSA) is 62.7 Å². The van der Waals surface area contributed by atoms with Gasteiger partial charge in [-0.15, -0.1) is 0 Å². The van der Waals surface area contributed by atoms with Crippen molar-refractivity contribution in [2.75, 3.05) is 26.8 Å². The molecule has 1 amide bonds. The monoisotopic (exact) mass is 264 g/mol. The fourth-order valence-electron chi connectivity index (χ4n) is 2.25. The van der Waals surface area contributed by atoms with Crippen LogP contribution in [0.1, 0.15) is 18.4 Å². The van der Waals surface area contributed by atoms with Crippen molar-refractivity contribution < 1.29 is 14.6 Å². The number of aliphatic hydroxyl groups is 1. The molecule has 1 aliphatic rings. The average Bonchev–Trinajstić information content (AvgIpc) is 2.40. The van der Waals surface area contributed by atoms with Gasteiger partial charge in [-0.2, -0.15) is 0 Å². The number of carbonyl (C=O) groups is 1. The van der Waals surface area contributed by atoms with Gasteiger partial charge in [0, 0.05) is 52.0 Å². The molecule has 2 heterocycles. The van der Waals surface area contributed by atoms with Gasteiger partial charge in [0.25, 0.3) is 0 Å². The third-order valence-corrected chi connectivity index (χ3v) is 3.46. The van der Waals surface area contributed by atoms with Gasteiger partial charge in [0.15, 0.2) is 0 Å². The third kappa shape index (κ3) is 4.01. The number of hydrogen-bond donors (Lipinski definition) is 1. The maximum Gasteiger partial charge on any atom is 0.226 e. The molecule has 1 aliphatic heterocycles. The number of pyridine rings is 1. The normalized spacial score (nSPS) is 18.0. The summed E-state index contributed by atoms with van der Waals surface area (Å²) in [6.45, 7) is 1.47. The first-order valence-corrected chi connectivity index (χ1v) is 6.52. The van der Waals surface area contributed by atoms with E-state index in [1.807, 2.05) is 12.1 Å². The fourth-order valence-corrected chi connectivity index (χ4v) is 2.25. The van der Waals surface area contributed by atoms with Gasteiger partial charge in [-0.25, -0.2) is 0 Å². The van der Waals surface area contributed by atoms with Crippen molar-refractivity contribution in [3.8, 4) is 0 Å². The molecule has 0 spiro atoms. The summed E-state index contributed by atoms with van der Waals surface area (Å²) in [6.07, 6.45) is 4.85. The van der Waals surface area contributed by atoms with Crippen molar-refractivity contribution in [2.24, 2.45) is 0 Å². The first-order chi connectivity index (χ1) is 9.09. The van der Waals surface area contributed by atoms with Gasteiger partial charge in [0.2, 0.25) is 5.91 Å². The van der Waals surface area contributed by atoms with E-state index in [4.69, 9.17) is 4.74 Å². The summed E-state index contributed by atoms with van der Waals surface area (Å²) in [6, 6.07) is 3.69. The van der Waals surface area contributed by atoms with Gasteiger partial charge < -0.3 is 14.7 Å². The van der Waals surface area contributed by atoms with Gasteiger partial charge >= 0.3 is 0 Å². The molecular weight excluding hydrogens is 244 g/mol. The van der Waals surface area contributed by atoms with Crippen LogP contribution in [0.2, 0.25) is 0 Å². The Hall–Kier alpha value is -1.46. The van der Waals surface area contributed by atoms with E-state index in [0.717, 1.165) is 5.56 Å². The van der Waals surface area contributed by atoms with Crippen molar-refractivity contribution >= 4 is 5.91 Å². The van der Waals surface area contributed by atoms with Gasteiger partial charge in [-0.1, -0.05) is 6.07 Å². The lowest BCUT2D eigenvalue weighted by molar-refractivity contribution is -0.136. The summed E-state index contributed by atoms with van der Waals surface area (Å²) in [5.41, 5.74) is 0.0794. The van der Waals surface area contributed by atoms with Crippen LogP contribution in [-0.4, -0.2) is 53.3 Å². The third-order valence-electron chi connectivity index (χ3n) is 3.46. The van der Waals surface area contributed by atoms with E-state index >= 15 is 0 Å². The number of carbonyl (C=O) groups excluding carboxylic acids is 1. The number of rotatable bonds is 4. The van der Waals surface area contributed by atoms with Crippen molar-refractivity contribution in [2.45, 2.75) is 24.9 Å². The fraction of sp³-hybridized carbons (Fsp3) is 0.571. The maximum absolute atomic E-state index is 12.1. The summed E-state index contributed by atoms with van der Waals surface area (Å²) < 4.78 is 5.23. The zero-order valence-corrected chi connectivity index (χ0v) is 11.2. The molecule has 104 valence electrons. The number of aromatic nitrogens is 1. The largest absolute Gasteiger partial charge is 0.388 e. The maximum atomic E-state index is 12.1. The minimum Gasteiger partial charge on any atom is -0.388 e. The summed E-state index contributed by atoms with van der Waals surface area (Å²) in [4.78, 5) is 17.7. The number of nitrogens with zero attached hydrogens (tertiary/aromatic N) is 2. The molecule has 1 saturated heterocycles. The van der Waals surface area contributed by atoms with Crippen LogP contribution in [0.15, 0.2) is 24.5 Å². The number of likely N-dealkylation sites (N-methyl/N-ethyl adjacent to an activating group) is 1. The molecule has 0 aliphatic carbocycles. The second-order valence-electron chi connectivity index (χ2n) is 5.12. The van der Waals surface area contributed by atoms with Crippen LogP contribution in [0.5, 0.6) is 0 Å². The number of ether oxygens (including phenoxy) is 1. The number of hydrogen-bond acceptors (Lipinski definition) is 4. The molecule has 1 aromatic rings. The van der Waals surface area contributed by atoms with Gasteiger partial charge in [0.1, 0.15) is 0 Å². The summed E-state index contributed by atoms with van der Waals surface area (Å²) >= 11 is 0. The van der Waals surface area contributed by atoms with Crippen molar-refractivity contribution in [3.63, 3.8) is 0 Å². The molecular formula is C14H20N2O3. The Bertz CT molecular complexity index is 416. The Labute approximate surface area is 113 Å². The van der Waals surface area contributed by atoms with E-state index in [-0.39, 0.29) is 5.91 Å². The van der Waals surface area contributed by atoms with Crippen LogP contribution >= 0.6 is 0 Å². The molecule has 5 nitrogen and oxygen atoms in total. The zero-order chi connectivity index (χ0) is 13.7. The first-order valence-electron chi connectivity index (χ1n) is 6.52. The highest BCUT2D eigenvalue weighted by Gasteiger charge is 2.32. The molecule has 2 rings (SSSR count). The van der Waals surface area contributed by atoms with E-state index in [9.17, 15) is 9.90 Å². The van der Waals surface area contributed by atoms with Crippen LogP contribution in [-0.2, 0) is 16.0 Å². The standard InChI is InChI=1S/C14H20N2O3/c1-16(11-14(18)4-7-19-8-5-14)13(17)9-12-3-2-6-15-10-12/h2-3,6,10,18H,4-5,7-9,11H2,1H3. The van der Waals surface area contributed by atoms with E-state index < -0.39 is 5.60 Å².